The summed E-state index contributed by atoms with van der Waals surface area (Å²) in [5.74, 6) is -3.19. The number of aromatic amines is 1. The highest BCUT2D eigenvalue weighted by molar-refractivity contribution is 8.00. The van der Waals surface area contributed by atoms with Crippen LogP contribution in [0.15, 0.2) is 58.4 Å². The molecule has 0 spiro atoms. The zero-order valence-corrected chi connectivity index (χ0v) is 20.5. The molecule has 11 heteroatoms. The van der Waals surface area contributed by atoms with Crippen molar-refractivity contribution in [2.24, 2.45) is 29.6 Å². The molecule has 7 atom stereocenters. The third kappa shape index (κ3) is 3.26. The topological polar surface area (TPSA) is 70.2 Å². The van der Waals surface area contributed by atoms with Gasteiger partial charge in [-0.15, -0.1) is 11.8 Å². The molecule has 2 saturated carbocycles. The fraction of sp³-hybridized carbons (Fsp3) is 0.346. The number of hydrogen-bond donors (Lipinski definition) is 1. The molecule has 2 aliphatic heterocycles. The van der Waals surface area contributed by atoms with E-state index in [2.05, 4.69) is 4.98 Å². The number of benzene rings is 2. The highest BCUT2D eigenvalue weighted by Gasteiger charge is 2.69. The number of alkyl halides is 3. The second-order valence-electron chi connectivity index (χ2n) is 10.1. The Labute approximate surface area is 215 Å². The number of amides is 2. The molecule has 190 valence electrons. The molecule has 4 aliphatic rings. The predicted octanol–water partition coefficient (Wildman–Crippen LogP) is 5.27. The van der Waals surface area contributed by atoms with Crippen molar-refractivity contribution in [3.63, 3.8) is 0 Å². The van der Waals surface area contributed by atoms with E-state index >= 15 is 0 Å². The Bertz CT molecular complexity index is 1510. The maximum absolute atomic E-state index is 13.7. The number of carbonyl (C=O) groups excluding carboxylic acids is 2. The second-order valence-corrected chi connectivity index (χ2v) is 12.3. The standard InChI is InChI=1S/C26H18F4N2O3S2/c27-12-6-4-10(5-7-12)16-17-14-9-15(20(17)36-22-21(16)37-25(35)31-22)19-18(14)23(33)32(24(19)34)13-3-1-2-11(8-13)26(28,29)30/h1-8,14-20H,9H2,(H,31,35)/t14-,15-,16-,17-,18+,19-,20+/m1/s1. The fourth-order valence-electron chi connectivity index (χ4n) is 7.14. The number of nitrogens with one attached hydrogen (secondary N) is 1. The van der Waals surface area contributed by atoms with Gasteiger partial charge in [0.2, 0.25) is 11.8 Å². The summed E-state index contributed by atoms with van der Waals surface area (Å²) in [6.45, 7) is 0. The zero-order chi connectivity index (χ0) is 25.8. The quantitative estimate of drug-likeness (QED) is 0.351. The van der Waals surface area contributed by atoms with Gasteiger partial charge in [-0.05, 0) is 60.1 Å². The Morgan fingerprint density at radius 1 is 0.946 bits per heavy atom. The van der Waals surface area contributed by atoms with Gasteiger partial charge in [-0.2, -0.15) is 13.2 Å². The van der Waals surface area contributed by atoms with E-state index in [0.717, 1.165) is 43.8 Å². The average Bonchev–Trinajstić information content (AvgIpc) is 3.58. The second kappa shape index (κ2) is 7.80. The van der Waals surface area contributed by atoms with E-state index in [0.29, 0.717) is 6.42 Å². The van der Waals surface area contributed by atoms with E-state index in [9.17, 15) is 31.9 Å². The molecule has 0 unspecified atom stereocenters. The number of rotatable bonds is 2. The Kier molecular flexibility index (Phi) is 4.89. The molecule has 3 fully saturated rings. The van der Waals surface area contributed by atoms with Gasteiger partial charge in [-0.1, -0.05) is 29.5 Å². The summed E-state index contributed by atoms with van der Waals surface area (Å²) in [4.78, 5) is 44.0. The molecule has 2 bridgehead atoms. The summed E-state index contributed by atoms with van der Waals surface area (Å²) in [7, 11) is 0. The molecule has 2 aromatic carbocycles. The summed E-state index contributed by atoms with van der Waals surface area (Å²) in [6, 6.07) is 10.5. The number of fused-ring (bicyclic) bond motifs is 9. The lowest BCUT2D eigenvalue weighted by atomic mass is 9.68. The minimum Gasteiger partial charge on any atom is -0.307 e. The van der Waals surface area contributed by atoms with Crippen molar-refractivity contribution in [1.82, 2.24) is 4.98 Å². The number of carbonyl (C=O) groups is 2. The van der Waals surface area contributed by atoms with E-state index in [1.807, 2.05) is 0 Å². The van der Waals surface area contributed by atoms with Crippen LogP contribution in [0.5, 0.6) is 0 Å². The van der Waals surface area contributed by atoms with Crippen molar-refractivity contribution < 1.29 is 27.2 Å². The number of nitrogens with zero attached hydrogens (tertiary/aromatic N) is 1. The minimum atomic E-state index is -4.60. The number of aromatic nitrogens is 1. The van der Waals surface area contributed by atoms with Gasteiger partial charge in [-0.3, -0.25) is 19.3 Å². The summed E-state index contributed by atoms with van der Waals surface area (Å²) in [5.41, 5.74) is -0.142. The SMILES string of the molecule is O=C1[C@@H]2[C@H]3C[C@@H]([C@@H]2C(=O)N1c1cccc(C(F)(F)F)c1)[C@@H]1[C@@H](c2ccc(F)cc2)c2sc(=O)[nH]c2S[C@@H]31. The van der Waals surface area contributed by atoms with Gasteiger partial charge in [0.15, 0.2) is 0 Å². The van der Waals surface area contributed by atoms with Crippen LogP contribution in [0.25, 0.3) is 0 Å². The highest BCUT2D eigenvalue weighted by atomic mass is 32.2. The first kappa shape index (κ1) is 23.2. The van der Waals surface area contributed by atoms with Gasteiger partial charge in [0.1, 0.15) is 5.82 Å². The van der Waals surface area contributed by atoms with Crippen molar-refractivity contribution in [3.05, 3.63) is 80.0 Å². The number of thioether (sulfide) groups is 1. The van der Waals surface area contributed by atoms with Gasteiger partial charge in [0.05, 0.1) is 28.1 Å². The predicted molar refractivity (Wildman–Crippen MR) is 129 cm³/mol. The van der Waals surface area contributed by atoms with Crippen LogP contribution in [0, 0.1) is 35.4 Å². The van der Waals surface area contributed by atoms with Crippen molar-refractivity contribution in [2.75, 3.05) is 4.90 Å². The first-order valence-electron chi connectivity index (χ1n) is 11.8. The molecule has 2 amide bonds. The van der Waals surface area contributed by atoms with Gasteiger partial charge >= 0.3 is 11.0 Å². The molecule has 37 heavy (non-hydrogen) atoms. The Hall–Kier alpha value is -2.92. The first-order valence-corrected chi connectivity index (χ1v) is 13.5. The van der Waals surface area contributed by atoms with E-state index in [1.54, 1.807) is 12.1 Å². The van der Waals surface area contributed by atoms with Crippen molar-refractivity contribution in [1.29, 1.82) is 0 Å². The van der Waals surface area contributed by atoms with Crippen LogP contribution in [0.4, 0.5) is 23.2 Å². The van der Waals surface area contributed by atoms with Gasteiger partial charge < -0.3 is 4.98 Å². The number of H-pyrrole nitrogens is 1. The molecule has 5 nitrogen and oxygen atoms in total. The Morgan fingerprint density at radius 3 is 2.35 bits per heavy atom. The lowest BCUT2D eigenvalue weighted by molar-refractivity contribution is -0.137. The summed E-state index contributed by atoms with van der Waals surface area (Å²) in [5, 5.41) is 0.679. The maximum Gasteiger partial charge on any atom is 0.416 e. The van der Waals surface area contributed by atoms with Crippen LogP contribution in [0.3, 0.4) is 0 Å². The monoisotopic (exact) mass is 546 g/mol. The van der Waals surface area contributed by atoms with Gasteiger partial charge in [0.25, 0.3) is 0 Å². The van der Waals surface area contributed by atoms with Crippen LogP contribution < -0.4 is 9.77 Å². The van der Waals surface area contributed by atoms with Crippen molar-refractivity contribution in [3.8, 4) is 0 Å². The largest absolute Gasteiger partial charge is 0.416 e. The normalized spacial score (nSPS) is 32.0. The number of imide groups is 1. The van der Waals surface area contributed by atoms with Gasteiger partial charge in [-0.25, -0.2) is 4.39 Å². The van der Waals surface area contributed by atoms with Crippen LogP contribution in [-0.4, -0.2) is 22.0 Å². The van der Waals surface area contributed by atoms with Gasteiger partial charge in [0, 0.05) is 16.0 Å². The summed E-state index contributed by atoms with van der Waals surface area (Å²) in [6.07, 6.45) is -3.94. The Morgan fingerprint density at radius 2 is 1.65 bits per heavy atom. The van der Waals surface area contributed by atoms with Crippen LogP contribution in [0.2, 0.25) is 0 Å². The molecule has 1 saturated heterocycles. The van der Waals surface area contributed by atoms with Crippen LogP contribution >= 0.6 is 23.1 Å². The van der Waals surface area contributed by atoms with E-state index in [4.69, 9.17) is 0 Å². The maximum atomic E-state index is 13.7. The average molecular weight is 547 g/mol. The molecule has 0 radical (unpaired) electrons. The third-order valence-corrected chi connectivity index (χ3v) is 11.0. The smallest absolute Gasteiger partial charge is 0.307 e. The lowest BCUT2D eigenvalue weighted by Crippen LogP contribution is -2.42. The van der Waals surface area contributed by atoms with Crippen molar-refractivity contribution in [2.45, 2.75) is 28.8 Å². The number of halogens is 4. The molecule has 2 aliphatic carbocycles. The molecule has 3 heterocycles. The first-order chi connectivity index (χ1) is 17.6. The summed E-state index contributed by atoms with van der Waals surface area (Å²) >= 11 is 2.63. The van der Waals surface area contributed by atoms with E-state index in [1.165, 1.54) is 36.0 Å². The fourth-order valence-corrected chi connectivity index (χ4v) is 10.0. The molecule has 7 rings (SSSR count). The third-order valence-electron chi connectivity index (χ3n) is 8.38. The number of thiazole rings is 1. The van der Waals surface area contributed by atoms with E-state index < -0.39 is 35.4 Å². The Balaban J connectivity index is 1.30. The van der Waals surface area contributed by atoms with Crippen LogP contribution in [-0.2, 0) is 15.8 Å². The number of anilines is 1. The van der Waals surface area contributed by atoms with Crippen LogP contribution in [0.1, 0.15) is 28.3 Å². The molecular weight excluding hydrogens is 528 g/mol. The summed E-state index contributed by atoms with van der Waals surface area (Å²) < 4.78 is 53.7. The molecule has 1 N–H and O–H groups in total. The highest BCUT2D eigenvalue weighted by Crippen LogP contribution is 2.68. The molecular formula is C26H18F4N2O3S2. The number of hydrogen-bond acceptors (Lipinski definition) is 5. The lowest BCUT2D eigenvalue weighted by Gasteiger charge is -2.43. The molecule has 1 aromatic heterocycles. The zero-order valence-electron chi connectivity index (χ0n) is 18.9. The molecule has 3 aromatic rings. The van der Waals surface area contributed by atoms with Crippen molar-refractivity contribution >= 4 is 40.6 Å². The minimum absolute atomic E-state index is 0.0581. The van der Waals surface area contributed by atoms with E-state index in [-0.39, 0.29) is 45.3 Å².